The molecule has 0 aliphatic carbocycles. The van der Waals surface area contributed by atoms with Crippen LogP contribution in [0.3, 0.4) is 0 Å². The van der Waals surface area contributed by atoms with Gasteiger partial charge in [-0.3, -0.25) is 4.98 Å². The van der Waals surface area contributed by atoms with Gasteiger partial charge in [0.15, 0.2) is 0 Å². The number of fused-ring (bicyclic) bond motifs is 1. The highest BCUT2D eigenvalue weighted by molar-refractivity contribution is 5.81. The zero-order valence-corrected chi connectivity index (χ0v) is 11.3. The third-order valence-corrected chi connectivity index (χ3v) is 3.97. The maximum absolute atomic E-state index is 5.58. The van der Waals surface area contributed by atoms with Crippen molar-refractivity contribution in [2.24, 2.45) is 5.92 Å². The Balaban J connectivity index is 1.59. The number of nitrogens with zero attached hydrogens (tertiary/aromatic N) is 1. The van der Waals surface area contributed by atoms with Crippen molar-refractivity contribution >= 4 is 10.8 Å². The van der Waals surface area contributed by atoms with Gasteiger partial charge in [-0.1, -0.05) is 12.1 Å². The number of hydrogen-bond acceptors (Lipinski definition) is 3. The molecule has 1 N–H and O–H groups in total. The van der Waals surface area contributed by atoms with Gasteiger partial charge >= 0.3 is 0 Å². The summed E-state index contributed by atoms with van der Waals surface area (Å²) in [5.41, 5.74) is 1.32. The fraction of sp³-hybridized carbons (Fsp3) is 0.438. The highest BCUT2D eigenvalue weighted by Gasteiger charge is 2.23. The van der Waals surface area contributed by atoms with Gasteiger partial charge < -0.3 is 10.1 Å². The van der Waals surface area contributed by atoms with Crippen molar-refractivity contribution in [2.75, 3.05) is 13.2 Å². The van der Waals surface area contributed by atoms with Crippen LogP contribution in [0.5, 0.6) is 0 Å². The zero-order valence-electron chi connectivity index (χ0n) is 11.3. The quantitative estimate of drug-likeness (QED) is 0.913. The molecule has 2 aromatic rings. The van der Waals surface area contributed by atoms with E-state index in [1.54, 1.807) is 0 Å². The zero-order chi connectivity index (χ0) is 13.1. The smallest absolute Gasteiger partial charge is 0.0588 e. The first-order valence-electron chi connectivity index (χ1n) is 6.98. The van der Waals surface area contributed by atoms with Crippen LogP contribution < -0.4 is 5.32 Å². The lowest BCUT2D eigenvalue weighted by Gasteiger charge is -2.14. The average Bonchev–Trinajstić information content (AvgIpc) is 2.84. The number of benzene rings is 1. The van der Waals surface area contributed by atoms with Crippen molar-refractivity contribution in [3.05, 3.63) is 42.2 Å². The number of aromatic nitrogens is 1. The van der Waals surface area contributed by atoms with E-state index in [-0.39, 0.29) is 0 Å². The van der Waals surface area contributed by atoms with Gasteiger partial charge in [-0.05, 0) is 42.3 Å². The molecule has 1 fully saturated rings. The van der Waals surface area contributed by atoms with Crippen LogP contribution in [0, 0.1) is 5.92 Å². The van der Waals surface area contributed by atoms with Gasteiger partial charge in [0.1, 0.15) is 0 Å². The van der Waals surface area contributed by atoms with Gasteiger partial charge in [0.05, 0.1) is 6.10 Å². The highest BCUT2D eigenvalue weighted by Crippen LogP contribution is 2.19. The molecule has 3 nitrogen and oxygen atoms in total. The van der Waals surface area contributed by atoms with Crippen LogP contribution in [0.4, 0.5) is 0 Å². The fourth-order valence-electron chi connectivity index (χ4n) is 2.69. The van der Waals surface area contributed by atoms with E-state index in [0.29, 0.717) is 12.0 Å². The summed E-state index contributed by atoms with van der Waals surface area (Å²) in [5.74, 6) is 0.657. The van der Waals surface area contributed by atoms with Crippen molar-refractivity contribution in [3.63, 3.8) is 0 Å². The lowest BCUT2D eigenvalue weighted by Crippen LogP contribution is -2.26. The van der Waals surface area contributed by atoms with Crippen molar-refractivity contribution < 1.29 is 4.74 Å². The van der Waals surface area contributed by atoms with Gasteiger partial charge in [0.25, 0.3) is 0 Å². The third kappa shape index (κ3) is 2.94. The van der Waals surface area contributed by atoms with E-state index in [0.717, 1.165) is 19.7 Å². The minimum absolute atomic E-state index is 0.398. The van der Waals surface area contributed by atoms with Crippen LogP contribution >= 0.6 is 0 Å². The SMILES string of the molecule is CC1OCCC1CNCc1ccc2cnccc2c1. The Kier molecular flexibility index (Phi) is 3.76. The molecule has 1 saturated heterocycles. The molecule has 100 valence electrons. The first-order valence-corrected chi connectivity index (χ1v) is 6.98. The summed E-state index contributed by atoms with van der Waals surface area (Å²) >= 11 is 0. The van der Waals surface area contributed by atoms with E-state index in [9.17, 15) is 0 Å². The topological polar surface area (TPSA) is 34.1 Å². The molecule has 1 aromatic carbocycles. The van der Waals surface area contributed by atoms with Crippen LogP contribution in [0.1, 0.15) is 18.9 Å². The lowest BCUT2D eigenvalue weighted by molar-refractivity contribution is 0.105. The van der Waals surface area contributed by atoms with Crippen LogP contribution in [-0.2, 0) is 11.3 Å². The molecule has 2 atom stereocenters. The first-order chi connectivity index (χ1) is 9.33. The molecular formula is C16H20N2O. The Morgan fingerprint density at radius 2 is 2.26 bits per heavy atom. The van der Waals surface area contributed by atoms with Crippen molar-refractivity contribution in [1.29, 1.82) is 0 Å². The monoisotopic (exact) mass is 256 g/mol. The summed E-state index contributed by atoms with van der Waals surface area (Å²) in [7, 11) is 0. The molecule has 0 spiro atoms. The van der Waals surface area contributed by atoms with E-state index in [1.807, 2.05) is 12.4 Å². The molecule has 1 aromatic heterocycles. The second-order valence-corrected chi connectivity index (χ2v) is 5.31. The van der Waals surface area contributed by atoms with Gasteiger partial charge in [0, 0.05) is 37.5 Å². The van der Waals surface area contributed by atoms with E-state index >= 15 is 0 Å². The summed E-state index contributed by atoms with van der Waals surface area (Å²) in [5, 5.41) is 6.00. The number of hydrogen-bond donors (Lipinski definition) is 1. The molecule has 0 amide bonds. The van der Waals surface area contributed by atoms with E-state index in [1.165, 1.54) is 22.8 Å². The normalized spacial score (nSPS) is 23.0. The summed E-state index contributed by atoms with van der Waals surface area (Å²) in [6.07, 6.45) is 5.33. The molecule has 0 bridgehead atoms. The van der Waals surface area contributed by atoms with Crippen molar-refractivity contribution in [2.45, 2.75) is 26.0 Å². The Morgan fingerprint density at radius 3 is 3.11 bits per heavy atom. The average molecular weight is 256 g/mol. The number of pyridine rings is 1. The molecule has 1 aliphatic rings. The third-order valence-electron chi connectivity index (χ3n) is 3.97. The van der Waals surface area contributed by atoms with Crippen molar-refractivity contribution in [1.82, 2.24) is 10.3 Å². The van der Waals surface area contributed by atoms with Crippen LogP contribution in [0.15, 0.2) is 36.7 Å². The van der Waals surface area contributed by atoms with Crippen LogP contribution in [0.2, 0.25) is 0 Å². The first kappa shape index (κ1) is 12.6. The maximum atomic E-state index is 5.58. The Bertz CT molecular complexity index is 555. The molecule has 3 heteroatoms. The second kappa shape index (κ2) is 5.68. The molecular weight excluding hydrogens is 236 g/mol. The van der Waals surface area contributed by atoms with E-state index in [4.69, 9.17) is 4.74 Å². The predicted octanol–water partition coefficient (Wildman–Crippen LogP) is 2.75. The highest BCUT2D eigenvalue weighted by atomic mass is 16.5. The van der Waals surface area contributed by atoms with Gasteiger partial charge in [-0.15, -0.1) is 0 Å². The molecule has 1 aliphatic heterocycles. The lowest BCUT2D eigenvalue weighted by atomic mass is 10.0. The van der Waals surface area contributed by atoms with E-state index in [2.05, 4.69) is 41.5 Å². The Morgan fingerprint density at radius 1 is 1.32 bits per heavy atom. The summed E-state index contributed by atoms with van der Waals surface area (Å²) in [4.78, 5) is 4.14. The number of ether oxygens (including phenoxy) is 1. The van der Waals surface area contributed by atoms with Crippen molar-refractivity contribution in [3.8, 4) is 0 Å². The second-order valence-electron chi connectivity index (χ2n) is 5.31. The Hall–Kier alpha value is -1.45. The molecule has 2 heterocycles. The molecule has 19 heavy (non-hydrogen) atoms. The number of rotatable bonds is 4. The molecule has 0 saturated carbocycles. The summed E-state index contributed by atoms with van der Waals surface area (Å²) in [6.45, 7) is 5.04. The predicted molar refractivity (Wildman–Crippen MR) is 77.0 cm³/mol. The summed E-state index contributed by atoms with van der Waals surface area (Å²) in [6, 6.07) is 8.61. The van der Waals surface area contributed by atoms with Gasteiger partial charge in [0.2, 0.25) is 0 Å². The maximum Gasteiger partial charge on any atom is 0.0588 e. The number of nitrogens with one attached hydrogen (secondary N) is 1. The van der Waals surface area contributed by atoms with E-state index < -0.39 is 0 Å². The molecule has 2 unspecified atom stereocenters. The standard InChI is InChI=1S/C16H20N2O/c1-12-15(5-7-19-12)10-18-9-13-2-3-16-11-17-6-4-14(16)8-13/h2-4,6,8,11-12,15,18H,5,7,9-10H2,1H3. The Labute approximate surface area is 114 Å². The van der Waals surface area contributed by atoms with Gasteiger partial charge in [-0.25, -0.2) is 0 Å². The van der Waals surface area contributed by atoms with Crippen LogP contribution in [-0.4, -0.2) is 24.2 Å². The van der Waals surface area contributed by atoms with Crippen LogP contribution in [0.25, 0.3) is 10.8 Å². The minimum atomic E-state index is 0.398. The molecule has 3 rings (SSSR count). The van der Waals surface area contributed by atoms with Gasteiger partial charge in [-0.2, -0.15) is 0 Å². The summed E-state index contributed by atoms with van der Waals surface area (Å²) < 4.78 is 5.58. The fourth-order valence-corrected chi connectivity index (χ4v) is 2.69. The minimum Gasteiger partial charge on any atom is -0.378 e. The molecule has 0 radical (unpaired) electrons. The largest absolute Gasteiger partial charge is 0.378 e.